The van der Waals surface area contributed by atoms with Crippen molar-refractivity contribution < 1.29 is 0 Å². The Labute approximate surface area is 104 Å². The molecule has 0 aliphatic carbocycles. The van der Waals surface area contributed by atoms with Crippen LogP contribution in [-0.2, 0) is 13.5 Å². The second-order valence-corrected chi connectivity index (χ2v) is 4.14. The molecule has 0 bridgehead atoms. The lowest BCUT2D eigenvalue weighted by Gasteiger charge is -2.03. The van der Waals surface area contributed by atoms with Gasteiger partial charge in [-0.05, 0) is 12.1 Å². The van der Waals surface area contributed by atoms with Crippen molar-refractivity contribution in [3.8, 4) is 0 Å². The lowest BCUT2D eigenvalue weighted by molar-refractivity contribution is 0.830. The molecule has 90 valence electrons. The zero-order valence-electron chi connectivity index (χ0n) is 10.0. The SMILES string of the molecule is Cn1c(Cc2nccnc2N)nc2ccccc21. The molecule has 0 atom stereocenters. The van der Waals surface area contributed by atoms with E-state index < -0.39 is 0 Å². The van der Waals surface area contributed by atoms with Gasteiger partial charge in [0, 0.05) is 19.4 Å². The van der Waals surface area contributed by atoms with Crippen LogP contribution in [0.3, 0.4) is 0 Å². The smallest absolute Gasteiger partial charge is 0.145 e. The zero-order chi connectivity index (χ0) is 12.5. The summed E-state index contributed by atoms with van der Waals surface area (Å²) < 4.78 is 2.06. The molecule has 0 amide bonds. The van der Waals surface area contributed by atoms with Gasteiger partial charge in [0.25, 0.3) is 0 Å². The van der Waals surface area contributed by atoms with Crippen LogP contribution in [0.25, 0.3) is 11.0 Å². The fraction of sp³-hybridized carbons (Fsp3) is 0.154. The molecule has 5 heteroatoms. The Morgan fingerprint density at radius 2 is 1.94 bits per heavy atom. The number of imidazole rings is 1. The number of para-hydroxylation sites is 2. The standard InChI is InChI=1S/C13H13N5/c1-18-11-5-3-2-4-9(11)17-12(18)8-10-13(14)16-7-6-15-10/h2-7H,8H2,1H3,(H2,14,16). The van der Waals surface area contributed by atoms with Crippen LogP contribution < -0.4 is 5.73 Å². The number of benzene rings is 1. The summed E-state index contributed by atoms with van der Waals surface area (Å²) in [7, 11) is 2.00. The third-order valence-corrected chi connectivity index (χ3v) is 3.01. The number of rotatable bonds is 2. The lowest BCUT2D eigenvalue weighted by Crippen LogP contribution is -2.05. The first-order chi connectivity index (χ1) is 8.75. The molecule has 0 aliphatic heterocycles. The van der Waals surface area contributed by atoms with E-state index in [2.05, 4.69) is 19.5 Å². The summed E-state index contributed by atoms with van der Waals surface area (Å²) in [4.78, 5) is 12.9. The summed E-state index contributed by atoms with van der Waals surface area (Å²) in [6, 6.07) is 8.03. The van der Waals surface area contributed by atoms with Gasteiger partial charge < -0.3 is 10.3 Å². The van der Waals surface area contributed by atoms with Crippen molar-refractivity contribution in [3.05, 3.63) is 48.2 Å². The summed E-state index contributed by atoms with van der Waals surface area (Å²) in [6.07, 6.45) is 3.83. The summed E-state index contributed by atoms with van der Waals surface area (Å²) in [5.41, 5.74) is 8.65. The second kappa shape index (κ2) is 4.10. The van der Waals surface area contributed by atoms with Crippen LogP contribution in [0.4, 0.5) is 5.82 Å². The Hall–Kier alpha value is -2.43. The second-order valence-electron chi connectivity index (χ2n) is 4.14. The van der Waals surface area contributed by atoms with Crippen LogP contribution in [0.2, 0.25) is 0 Å². The zero-order valence-corrected chi connectivity index (χ0v) is 10.0. The Kier molecular flexibility index (Phi) is 2.44. The average molecular weight is 239 g/mol. The number of nitrogens with zero attached hydrogens (tertiary/aromatic N) is 4. The van der Waals surface area contributed by atoms with Crippen LogP contribution in [0.5, 0.6) is 0 Å². The van der Waals surface area contributed by atoms with Gasteiger partial charge in [0.1, 0.15) is 11.6 Å². The lowest BCUT2D eigenvalue weighted by atomic mass is 10.3. The minimum Gasteiger partial charge on any atom is -0.382 e. The fourth-order valence-electron chi connectivity index (χ4n) is 2.02. The van der Waals surface area contributed by atoms with Gasteiger partial charge in [-0.15, -0.1) is 0 Å². The molecule has 0 saturated heterocycles. The highest BCUT2D eigenvalue weighted by molar-refractivity contribution is 5.75. The first-order valence-electron chi connectivity index (χ1n) is 5.71. The summed E-state index contributed by atoms with van der Waals surface area (Å²) >= 11 is 0. The molecule has 18 heavy (non-hydrogen) atoms. The number of hydrogen-bond acceptors (Lipinski definition) is 4. The maximum absolute atomic E-state index is 5.80. The van der Waals surface area contributed by atoms with Crippen LogP contribution in [0.1, 0.15) is 11.5 Å². The van der Waals surface area contributed by atoms with E-state index in [4.69, 9.17) is 5.73 Å². The number of aromatic nitrogens is 4. The highest BCUT2D eigenvalue weighted by Crippen LogP contribution is 2.17. The average Bonchev–Trinajstić information content (AvgIpc) is 2.70. The van der Waals surface area contributed by atoms with Crippen molar-refractivity contribution in [1.82, 2.24) is 19.5 Å². The number of anilines is 1. The van der Waals surface area contributed by atoms with Crippen LogP contribution >= 0.6 is 0 Å². The van der Waals surface area contributed by atoms with E-state index >= 15 is 0 Å². The van der Waals surface area contributed by atoms with Crippen LogP contribution in [0, 0.1) is 0 Å². The van der Waals surface area contributed by atoms with E-state index in [0.717, 1.165) is 22.6 Å². The fourth-order valence-corrected chi connectivity index (χ4v) is 2.02. The molecular formula is C13H13N5. The molecule has 0 radical (unpaired) electrons. The Balaban J connectivity index is 2.06. The number of aryl methyl sites for hydroxylation is 1. The molecule has 5 nitrogen and oxygen atoms in total. The van der Waals surface area contributed by atoms with Gasteiger partial charge in [-0.3, -0.25) is 4.98 Å². The van der Waals surface area contributed by atoms with E-state index in [1.807, 2.05) is 31.3 Å². The van der Waals surface area contributed by atoms with E-state index in [1.165, 1.54) is 0 Å². The number of nitrogens with two attached hydrogens (primary N) is 1. The molecule has 0 fully saturated rings. The van der Waals surface area contributed by atoms with Crippen molar-refractivity contribution in [2.45, 2.75) is 6.42 Å². The molecule has 3 rings (SSSR count). The molecule has 2 aromatic heterocycles. The third-order valence-electron chi connectivity index (χ3n) is 3.01. The summed E-state index contributed by atoms with van der Waals surface area (Å²) in [6.45, 7) is 0. The number of hydrogen-bond donors (Lipinski definition) is 1. The normalized spacial score (nSPS) is 10.9. The molecule has 2 heterocycles. The Morgan fingerprint density at radius 3 is 2.72 bits per heavy atom. The maximum Gasteiger partial charge on any atom is 0.145 e. The maximum atomic E-state index is 5.80. The van der Waals surface area contributed by atoms with Crippen molar-refractivity contribution in [3.63, 3.8) is 0 Å². The molecule has 0 saturated carbocycles. The molecule has 0 unspecified atom stereocenters. The van der Waals surface area contributed by atoms with E-state index in [9.17, 15) is 0 Å². The minimum absolute atomic E-state index is 0.463. The molecular weight excluding hydrogens is 226 g/mol. The minimum atomic E-state index is 0.463. The molecule has 3 aromatic rings. The predicted octanol–water partition coefficient (Wildman–Crippen LogP) is 1.54. The predicted molar refractivity (Wildman–Crippen MR) is 70.0 cm³/mol. The van der Waals surface area contributed by atoms with Gasteiger partial charge in [-0.25, -0.2) is 9.97 Å². The molecule has 0 aliphatic rings. The van der Waals surface area contributed by atoms with Gasteiger partial charge in [0.15, 0.2) is 0 Å². The quantitative estimate of drug-likeness (QED) is 0.736. The van der Waals surface area contributed by atoms with E-state index in [1.54, 1.807) is 12.4 Å². The van der Waals surface area contributed by atoms with Crippen molar-refractivity contribution in [2.24, 2.45) is 7.05 Å². The third kappa shape index (κ3) is 1.69. The van der Waals surface area contributed by atoms with Crippen molar-refractivity contribution >= 4 is 16.9 Å². The molecule has 0 spiro atoms. The van der Waals surface area contributed by atoms with Gasteiger partial charge in [0.05, 0.1) is 23.1 Å². The largest absolute Gasteiger partial charge is 0.382 e. The van der Waals surface area contributed by atoms with Crippen LogP contribution in [-0.4, -0.2) is 19.5 Å². The first-order valence-corrected chi connectivity index (χ1v) is 5.71. The molecule has 1 aromatic carbocycles. The van der Waals surface area contributed by atoms with Crippen molar-refractivity contribution in [1.29, 1.82) is 0 Å². The Morgan fingerprint density at radius 1 is 1.17 bits per heavy atom. The highest BCUT2D eigenvalue weighted by atomic mass is 15.1. The summed E-state index contributed by atoms with van der Waals surface area (Å²) in [5.74, 6) is 1.40. The van der Waals surface area contributed by atoms with E-state index in [-0.39, 0.29) is 0 Å². The van der Waals surface area contributed by atoms with Crippen LogP contribution in [0.15, 0.2) is 36.7 Å². The van der Waals surface area contributed by atoms with Crippen molar-refractivity contribution in [2.75, 3.05) is 5.73 Å². The van der Waals surface area contributed by atoms with E-state index in [0.29, 0.717) is 12.2 Å². The van der Waals surface area contributed by atoms with Gasteiger partial charge in [-0.1, -0.05) is 12.1 Å². The highest BCUT2D eigenvalue weighted by Gasteiger charge is 2.10. The summed E-state index contributed by atoms with van der Waals surface area (Å²) in [5, 5.41) is 0. The van der Waals surface area contributed by atoms with Gasteiger partial charge in [0.2, 0.25) is 0 Å². The topological polar surface area (TPSA) is 69.6 Å². The monoisotopic (exact) mass is 239 g/mol. The first kappa shape index (κ1) is 10.7. The molecule has 2 N–H and O–H groups in total. The van der Waals surface area contributed by atoms with Gasteiger partial charge in [-0.2, -0.15) is 0 Å². The van der Waals surface area contributed by atoms with Gasteiger partial charge >= 0.3 is 0 Å². The number of nitrogen functional groups attached to an aromatic ring is 1. The Bertz CT molecular complexity index is 701. The number of fused-ring (bicyclic) bond motifs is 1.